The van der Waals surface area contributed by atoms with Gasteiger partial charge in [0.05, 0.1) is 10.9 Å². The lowest BCUT2D eigenvalue weighted by atomic mass is 9.97. The first-order valence-electron chi connectivity index (χ1n) is 9.24. The van der Waals surface area contributed by atoms with Gasteiger partial charge in [0.15, 0.2) is 0 Å². The van der Waals surface area contributed by atoms with Crippen molar-refractivity contribution in [2.24, 2.45) is 0 Å². The second-order valence-electron chi connectivity index (χ2n) is 7.23. The van der Waals surface area contributed by atoms with Gasteiger partial charge < -0.3 is 4.90 Å². The van der Waals surface area contributed by atoms with Crippen molar-refractivity contribution in [1.82, 2.24) is 25.1 Å². The molecule has 26 heavy (non-hydrogen) atoms. The second kappa shape index (κ2) is 7.78. The van der Waals surface area contributed by atoms with Crippen LogP contribution in [0.25, 0.3) is 5.69 Å². The number of rotatable bonds is 4. The summed E-state index contributed by atoms with van der Waals surface area (Å²) in [6.07, 6.45) is 3.35. The molecule has 3 rings (SSSR count). The molecule has 7 heteroatoms. The van der Waals surface area contributed by atoms with Crippen LogP contribution in [0.15, 0.2) is 23.4 Å². The van der Waals surface area contributed by atoms with Gasteiger partial charge in [-0.05, 0) is 81.5 Å². The molecule has 6 nitrogen and oxygen atoms in total. The number of amides is 1. The number of hydrogen-bond acceptors (Lipinski definition) is 5. The van der Waals surface area contributed by atoms with Gasteiger partial charge in [-0.2, -0.15) is 4.68 Å². The summed E-state index contributed by atoms with van der Waals surface area (Å²) in [4.78, 5) is 15.1. The molecule has 0 aliphatic carbocycles. The standard InChI is InChI=1S/C19H27N5OS/c1-12-8-6-11-17(15(12)4)24-19(20-21-22-24)26-16(5)18(25)23-13(2)9-7-10-14(23)3/h6,8,11,13-14,16H,7,9-10H2,1-5H3/t13-,14+,16-/m0/s1. The van der Waals surface area contributed by atoms with Crippen LogP contribution in [0.1, 0.15) is 51.2 Å². The smallest absolute Gasteiger partial charge is 0.236 e. The van der Waals surface area contributed by atoms with Crippen LogP contribution >= 0.6 is 11.8 Å². The lowest BCUT2D eigenvalue weighted by Gasteiger charge is -2.40. The summed E-state index contributed by atoms with van der Waals surface area (Å²) in [6, 6.07) is 6.67. The Kier molecular flexibility index (Phi) is 5.65. The number of hydrogen-bond donors (Lipinski definition) is 0. The first kappa shape index (κ1) is 18.9. The molecule has 0 bridgehead atoms. The molecule has 1 aliphatic rings. The maximum absolute atomic E-state index is 13.0. The molecule has 1 saturated heterocycles. The van der Waals surface area contributed by atoms with Gasteiger partial charge in [0, 0.05) is 12.1 Å². The van der Waals surface area contributed by atoms with Crippen molar-refractivity contribution >= 4 is 17.7 Å². The van der Waals surface area contributed by atoms with Crippen molar-refractivity contribution in [3.8, 4) is 5.69 Å². The third-order valence-electron chi connectivity index (χ3n) is 5.32. The van der Waals surface area contributed by atoms with E-state index in [2.05, 4.69) is 49.3 Å². The molecule has 140 valence electrons. The van der Waals surface area contributed by atoms with Crippen LogP contribution in [0.2, 0.25) is 0 Å². The minimum atomic E-state index is -0.229. The van der Waals surface area contributed by atoms with Crippen LogP contribution in [0.4, 0.5) is 0 Å². The molecule has 1 aliphatic heterocycles. The number of carbonyl (C=O) groups excluding carboxylic acids is 1. The van der Waals surface area contributed by atoms with Gasteiger partial charge in [-0.25, -0.2) is 0 Å². The van der Waals surface area contributed by atoms with E-state index in [1.54, 1.807) is 4.68 Å². The van der Waals surface area contributed by atoms with E-state index < -0.39 is 0 Å². The van der Waals surface area contributed by atoms with Crippen molar-refractivity contribution in [3.63, 3.8) is 0 Å². The minimum absolute atomic E-state index is 0.171. The van der Waals surface area contributed by atoms with Gasteiger partial charge in [0.25, 0.3) is 0 Å². The largest absolute Gasteiger partial charge is 0.336 e. The first-order valence-corrected chi connectivity index (χ1v) is 10.1. The molecule has 2 heterocycles. The number of thioether (sulfide) groups is 1. The Bertz CT molecular complexity index is 780. The Balaban J connectivity index is 1.81. The molecular weight excluding hydrogens is 346 g/mol. The number of tetrazole rings is 1. The van der Waals surface area contributed by atoms with E-state index in [9.17, 15) is 4.79 Å². The van der Waals surface area contributed by atoms with Gasteiger partial charge >= 0.3 is 0 Å². The van der Waals surface area contributed by atoms with Crippen LogP contribution in [0.5, 0.6) is 0 Å². The Hall–Kier alpha value is -1.89. The van der Waals surface area contributed by atoms with Gasteiger partial charge in [-0.3, -0.25) is 4.79 Å². The van der Waals surface area contributed by atoms with Crippen LogP contribution in [-0.2, 0) is 4.79 Å². The Morgan fingerprint density at radius 3 is 2.62 bits per heavy atom. The van der Waals surface area contributed by atoms with E-state index in [1.165, 1.54) is 23.7 Å². The summed E-state index contributed by atoms with van der Waals surface area (Å²) < 4.78 is 1.74. The number of likely N-dealkylation sites (tertiary alicyclic amines) is 1. The molecule has 2 aromatic rings. The fourth-order valence-corrected chi connectivity index (χ4v) is 4.50. The number of benzene rings is 1. The number of piperidine rings is 1. The molecule has 0 spiro atoms. The molecule has 0 radical (unpaired) electrons. The summed E-state index contributed by atoms with van der Waals surface area (Å²) in [5.74, 6) is 0.171. The van der Waals surface area contributed by atoms with Crippen LogP contribution < -0.4 is 0 Å². The highest BCUT2D eigenvalue weighted by molar-refractivity contribution is 8.00. The van der Waals surface area contributed by atoms with E-state index >= 15 is 0 Å². The average molecular weight is 374 g/mol. The van der Waals surface area contributed by atoms with Gasteiger partial charge in [-0.1, -0.05) is 23.9 Å². The van der Waals surface area contributed by atoms with Gasteiger partial charge in [0.2, 0.25) is 11.1 Å². The van der Waals surface area contributed by atoms with Crippen LogP contribution in [-0.4, -0.2) is 48.3 Å². The minimum Gasteiger partial charge on any atom is -0.336 e. The monoisotopic (exact) mass is 373 g/mol. The summed E-state index contributed by atoms with van der Waals surface area (Å²) in [7, 11) is 0. The maximum Gasteiger partial charge on any atom is 0.236 e. The lowest BCUT2D eigenvalue weighted by Crippen LogP contribution is -2.50. The Labute approximate surface area is 159 Å². The highest BCUT2D eigenvalue weighted by Gasteiger charge is 2.32. The van der Waals surface area contributed by atoms with Gasteiger partial charge in [-0.15, -0.1) is 5.10 Å². The molecule has 1 aromatic carbocycles. The number of carbonyl (C=O) groups is 1. The highest BCUT2D eigenvalue weighted by atomic mass is 32.2. The van der Waals surface area contributed by atoms with E-state index in [-0.39, 0.29) is 11.2 Å². The summed E-state index contributed by atoms with van der Waals surface area (Å²) >= 11 is 1.43. The molecule has 1 amide bonds. The molecule has 3 atom stereocenters. The Morgan fingerprint density at radius 2 is 1.92 bits per heavy atom. The van der Waals surface area contributed by atoms with Gasteiger partial charge in [0.1, 0.15) is 0 Å². The Morgan fingerprint density at radius 1 is 1.23 bits per heavy atom. The SMILES string of the molecule is Cc1cccc(-n2nnnc2S[C@@H](C)C(=O)N2[C@H](C)CCC[C@@H]2C)c1C. The van der Waals surface area contributed by atoms with Crippen LogP contribution in [0, 0.1) is 13.8 Å². The third kappa shape index (κ3) is 3.63. The first-order chi connectivity index (χ1) is 12.4. The highest BCUT2D eigenvalue weighted by Crippen LogP contribution is 2.29. The quantitative estimate of drug-likeness (QED) is 0.767. The van der Waals surface area contributed by atoms with E-state index in [1.807, 2.05) is 24.0 Å². The molecule has 1 aromatic heterocycles. The number of aryl methyl sites for hydroxylation is 1. The zero-order valence-electron chi connectivity index (χ0n) is 16.1. The molecule has 0 unspecified atom stereocenters. The zero-order valence-corrected chi connectivity index (χ0v) is 17.0. The zero-order chi connectivity index (χ0) is 18.8. The van der Waals surface area contributed by atoms with Crippen molar-refractivity contribution in [2.75, 3.05) is 0 Å². The number of nitrogens with zero attached hydrogens (tertiary/aromatic N) is 5. The summed E-state index contributed by atoms with van der Waals surface area (Å²) in [5.41, 5.74) is 3.28. The summed E-state index contributed by atoms with van der Waals surface area (Å²) in [5, 5.41) is 12.6. The van der Waals surface area contributed by atoms with Crippen molar-refractivity contribution in [1.29, 1.82) is 0 Å². The van der Waals surface area contributed by atoms with Crippen molar-refractivity contribution < 1.29 is 4.79 Å². The van der Waals surface area contributed by atoms with Crippen molar-refractivity contribution in [3.05, 3.63) is 29.3 Å². The summed E-state index contributed by atoms with van der Waals surface area (Å²) in [6.45, 7) is 10.4. The molecule has 1 fully saturated rings. The molecule has 0 N–H and O–H groups in total. The predicted molar refractivity (Wildman–Crippen MR) is 104 cm³/mol. The number of aromatic nitrogens is 4. The normalized spacial score (nSPS) is 21.7. The van der Waals surface area contributed by atoms with E-state index in [4.69, 9.17) is 0 Å². The third-order valence-corrected chi connectivity index (χ3v) is 6.34. The average Bonchev–Trinajstić information content (AvgIpc) is 3.05. The van der Waals surface area contributed by atoms with E-state index in [0.717, 1.165) is 24.1 Å². The van der Waals surface area contributed by atoms with Crippen molar-refractivity contribution in [2.45, 2.75) is 76.4 Å². The van der Waals surface area contributed by atoms with Crippen LogP contribution in [0.3, 0.4) is 0 Å². The topological polar surface area (TPSA) is 63.9 Å². The van der Waals surface area contributed by atoms with E-state index in [0.29, 0.717) is 17.2 Å². The molecular formula is C19H27N5OS. The molecule has 0 saturated carbocycles. The predicted octanol–water partition coefficient (Wildman–Crippen LogP) is 3.55. The maximum atomic E-state index is 13.0. The fraction of sp³-hybridized carbons (Fsp3) is 0.579. The fourth-order valence-electron chi connectivity index (χ4n) is 3.64. The second-order valence-corrected chi connectivity index (χ2v) is 8.53. The lowest BCUT2D eigenvalue weighted by molar-refractivity contribution is -0.136.